The van der Waals surface area contributed by atoms with Crippen LogP contribution in [0.3, 0.4) is 0 Å². The van der Waals surface area contributed by atoms with E-state index in [0.29, 0.717) is 37.3 Å². The molecule has 0 aliphatic carbocycles. The average molecular weight is 373 g/mol. The van der Waals surface area contributed by atoms with Gasteiger partial charge in [-0.15, -0.1) is 0 Å². The molecule has 1 aliphatic rings. The van der Waals surface area contributed by atoms with Gasteiger partial charge in [0.1, 0.15) is 0 Å². The second-order valence-corrected chi connectivity index (χ2v) is 7.01. The van der Waals surface area contributed by atoms with Crippen molar-refractivity contribution in [1.82, 2.24) is 14.4 Å². The van der Waals surface area contributed by atoms with Gasteiger partial charge in [0.15, 0.2) is 0 Å². The molecule has 5 nitrogen and oxygen atoms in total. The molecule has 0 N–H and O–H groups in total. The minimum absolute atomic E-state index is 0.0265. The van der Waals surface area contributed by atoms with E-state index in [-0.39, 0.29) is 11.8 Å². The molecule has 1 aliphatic heterocycles. The standard InChI is InChI=1S/C23H23N3O2/c27-22(20-9-5-2-6-10-20)25-13-15-26(16-14-25)23(28)21-11-12-24(18-21)17-19-7-3-1-4-8-19/h1-12,18H,13-17H2. The van der Waals surface area contributed by atoms with E-state index in [2.05, 4.69) is 12.1 Å². The first kappa shape index (κ1) is 18.0. The first-order valence-corrected chi connectivity index (χ1v) is 9.54. The van der Waals surface area contributed by atoms with E-state index in [1.807, 2.05) is 81.4 Å². The van der Waals surface area contributed by atoms with E-state index < -0.39 is 0 Å². The van der Waals surface area contributed by atoms with Crippen molar-refractivity contribution < 1.29 is 9.59 Å². The number of hydrogen-bond acceptors (Lipinski definition) is 2. The third-order valence-electron chi connectivity index (χ3n) is 5.08. The predicted octanol–water partition coefficient (Wildman–Crippen LogP) is 3.13. The van der Waals surface area contributed by atoms with Crippen LogP contribution in [0, 0.1) is 0 Å². The molecule has 2 amide bonds. The SMILES string of the molecule is O=C(c1ccccc1)N1CCN(C(=O)c2ccn(Cc3ccccc3)c2)CC1. The quantitative estimate of drug-likeness (QED) is 0.705. The second-order valence-electron chi connectivity index (χ2n) is 7.01. The molecular formula is C23H23N3O2. The van der Waals surface area contributed by atoms with Gasteiger partial charge in [0, 0.05) is 50.7 Å². The highest BCUT2D eigenvalue weighted by molar-refractivity contribution is 5.95. The van der Waals surface area contributed by atoms with Gasteiger partial charge in [-0.05, 0) is 23.8 Å². The number of amides is 2. The third-order valence-corrected chi connectivity index (χ3v) is 5.08. The summed E-state index contributed by atoms with van der Waals surface area (Å²) in [5, 5.41) is 0. The molecule has 2 aromatic carbocycles. The third kappa shape index (κ3) is 3.98. The summed E-state index contributed by atoms with van der Waals surface area (Å²) in [6, 6.07) is 21.3. The molecule has 3 aromatic rings. The van der Waals surface area contributed by atoms with Crippen molar-refractivity contribution in [2.24, 2.45) is 0 Å². The highest BCUT2D eigenvalue weighted by atomic mass is 16.2. The normalized spacial score (nSPS) is 14.1. The number of benzene rings is 2. The van der Waals surface area contributed by atoms with Gasteiger partial charge < -0.3 is 14.4 Å². The van der Waals surface area contributed by atoms with E-state index in [0.717, 1.165) is 6.54 Å². The average Bonchev–Trinajstić information content (AvgIpc) is 3.22. The maximum Gasteiger partial charge on any atom is 0.255 e. The van der Waals surface area contributed by atoms with Crippen molar-refractivity contribution in [2.45, 2.75) is 6.54 Å². The Labute approximate surface area is 164 Å². The van der Waals surface area contributed by atoms with Gasteiger partial charge in [-0.1, -0.05) is 48.5 Å². The lowest BCUT2D eigenvalue weighted by Gasteiger charge is -2.34. The van der Waals surface area contributed by atoms with E-state index >= 15 is 0 Å². The van der Waals surface area contributed by atoms with Crippen LogP contribution in [-0.4, -0.2) is 52.4 Å². The van der Waals surface area contributed by atoms with Gasteiger partial charge >= 0.3 is 0 Å². The lowest BCUT2D eigenvalue weighted by atomic mass is 10.1. The Kier molecular flexibility index (Phi) is 5.24. The van der Waals surface area contributed by atoms with Crippen LogP contribution in [0.15, 0.2) is 79.1 Å². The number of carbonyl (C=O) groups excluding carboxylic acids is 2. The Balaban J connectivity index is 1.35. The maximum atomic E-state index is 12.8. The number of piperazine rings is 1. The topological polar surface area (TPSA) is 45.6 Å². The highest BCUT2D eigenvalue weighted by Crippen LogP contribution is 2.13. The molecule has 1 aromatic heterocycles. The number of rotatable bonds is 4. The molecule has 4 rings (SSSR count). The monoisotopic (exact) mass is 373 g/mol. The van der Waals surface area contributed by atoms with Crippen molar-refractivity contribution in [3.63, 3.8) is 0 Å². The van der Waals surface area contributed by atoms with Gasteiger partial charge in [0.25, 0.3) is 11.8 Å². The second kappa shape index (κ2) is 8.13. The van der Waals surface area contributed by atoms with E-state index in [9.17, 15) is 9.59 Å². The molecule has 142 valence electrons. The molecule has 1 saturated heterocycles. The number of carbonyl (C=O) groups is 2. The Morgan fingerprint density at radius 3 is 1.82 bits per heavy atom. The zero-order valence-corrected chi connectivity index (χ0v) is 15.7. The van der Waals surface area contributed by atoms with Crippen LogP contribution in [0.1, 0.15) is 26.3 Å². The summed E-state index contributed by atoms with van der Waals surface area (Å²) in [7, 11) is 0. The fourth-order valence-corrected chi connectivity index (χ4v) is 3.52. The van der Waals surface area contributed by atoms with Crippen LogP contribution in [0.2, 0.25) is 0 Å². The first-order chi connectivity index (χ1) is 13.7. The van der Waals surface area contributed by atoms with E-state index in [4.69, 9.17) is 0 Å². The molecule has 1 fully saturated rings. The number of aromatic nitrogens is 1. The molecule has 0 bridgehead atoms. The number of hydrogen-bond donors (Lipinski definition) is 0. The molecule has 0 atom stereocenters. The Morgan fingerprint density at radius 1 is 0.679 bits per heavy atom. The van der Waals surface area contributed by atoms with Gasteiger partial charge in [-0.25, -0.2) is 0 Å². The van der Waals surface area contributed by atoms with Crippen molar-refractivity contribution in [1.29, 1.82) is 0 Å². The van der Waals surface area contributed by atoms with Crippen molar-refractivity contribution in [3.05, 3.63) is 95.8 Å². The summed E-state index contributed by atoms with van der Waals surface area (Å²) in [6.07, 6.45) is 3.84. The summed E-state index contributed by atoms with van der Waals surface area (Å²) in [5.74, 6) is 0.0559. The lowest BCUT2D eigenvalue weighted by molar-refractivity contribution is 0.0535. The number of nitrogens with zero attached hydrogens (tertiary/aromatic N) is 3. The Hall–Kier alpha value is -3.34. The van der Waals surface area contributed by atoms with Crippen LogP contribution < -0.4 is 0 Å². The van der Waals surface area contributed by atoms with Gasteiger partial charge in [0.2, 0.25) is 0 Å². The van der Waals surface area contributed by atoms with E-state index in [1.54, 1.807) is 0 Å². The summed E-state index contributed by atoms with van der Waals surface area (Å²) < 4.78 is 2.03. The summed E-state index contributed by atoms with van der Waals surface area (Å²) in [6.45, 7) is 2.98. The lowest BCUT2D eigenvalue weighted by Crippen LogP contribution is -2.50. The van der Waals surface area contributed by atoms with Gasteiger partial charge in [0.05, 0.1) is 5.56 Å². The van der Waals surface area contributed by atoms with Crippen LogP contribution in [-0.2, 0) is 6.54 Å². The minimum Gasteiger partial charge on any atom is -0.349 e. The summed E-state index contributed by atoms with van der Waals surface area (Å²) in [4.78, 5) is 29.0. The summed E-state index contributed by atoms with van der Waals surface area (Å²) >= 11 is 0. The van der Waals surface area contributed by atoms with Gasteiger partial charge in [-0.3, -0.25) is 9.59 Å². The van der Waals surface area contributed by atoms with E-state index in [1.165, 1.54) is 5.56 Å². The Bertz CT molecular complexity index is 942. The molecule has 0 saturated carbocycles. The fraction of sp³-hybridized carbons (Fsp3) is 0.217. The molecule has 5 heteroatoms. The largest absolute Gasteiger partial charge is 0.349 e. The Morgan fingerprint density at radius 2 is 1.21 bits per heavy atom. The molecule has 0 unspecified atom stereocenters. The van der Waals surface area contributed by atoms with Crippen LogP contribution in [0.4, 0.5) is 0 Å². The molecule has 0 spiro atoms. The smallest absolute Gasteiger partial charge is 0.255 e. The zero-order valence-electron chi connectivity index (χ0n) is 15.7. The summed E-state index contributed by atoms with van der Waals surface area (Å²) in [5.41, 5.74) is 2.59. The van der Waals surface area contributed by atoms with Crippen LogP contribution >= 0.6 is 0 Å². The highest BCUT2D eigenvalue weighted by Gasteiger charge is 2.25. The molecule has 0 radical (unpaired) electrons. The zero-order chi connectivity index (χ0) is 19.3. The molecular weight excluding hydrogens is 350 g/mol. The maximum absolute atomic E-state index is 12.8. The van der Waals surface area contributed by atoms with Crippen molar-refractivity contribution in [3.8, 4) is 0 Å². The van der Waals surface area contributed by atoms with Crippen molar-refractivity contribution in [2.75, 3.05) is 26.2 Å². The minimum atomic E-state index is 0.0265. The van der Waals surface area contributed by atoms with Crippen molar-refractivity contribution >= 4 is 11.8 Å². The molecule has 28 heavy (non-hydrogen) atoms. The fourth-order valence-electron chi connectivity index (χ4n) is 3.52. The predicted molar refractivity (Wildman–Crippen MR) is 108 cm³/mol. The van der Waals surface area contributed by atoms with Crippen LogP contribution in [0.5, 0.6) is 0 Å². The van der Waals surface area contributed by atoms with Gasteiger partial charge in [-0.2, -0.15) is 0 Å². The molecule has 2 heterocycles. The first-order valence-electron chi connectivity index (χ1n) is 9.54. The van der Waals surface area contributed by atoms with Crippen LogP contribution in [0.25, 0.3) is 0 Å².